The van der Waals surface area contributed by atoms with Crippen LogP contribution in [-0.4, -0.2) is 20.8 Å². The van der Waals surface area contributed by atoms with Gasteiger partial charge in [0, 0.05) is 30.8 Å². The van der Waals surface area contributed by atoms with Gasteiger partial charge in [0.15, 0.2) is 6.67 Å². The maximum Gasteiger partial charge on any atom is 0.292 e. The summed E-state index contributed by atoms with van der Waals surface area (Å²) in [5, 5.41) is 4.51. The van der Waals surface area contributed by atoms with Crippen molar-refractivity contribution in [1.29, 1.82) is 0 Å². The summed E-state index contributed by atoms with van der Waals surface area (Å²) >= 11 is 5.33. The van der Waals surface area contributed by atoms with Crippen molar-refractivity contribution in [3.05, 3.63) is 65.0 Å². The molecule has 0 aliphatic heterocycles. The van der Waals surface area contributed by atoms with Crippen molar-refractivity contribution in [2.24, 2.45) is 0 Å². The molecule has 0 spiro atoms. The molecule has 1 aliphatic rings. The van der Waals surface area contributed by atoms with E-state index in [2.05, 4.69) is 10.1 Å². The fraction of sp³-hybridized carbons (Fsp3) is 0.278. The van der Waals surface area contributed by atoms with Crippen molar-refractivity contribution in [2.75, 3.05) is 0 Å². The number of hydrogen-bond acceptors (Lipinski definition) is 4. The van der Waals surface area contributed by atoms with E-state index in [0.29, 0.717) is 23.4 Å². The second-order valence-electron chi connectivity index (χ2n) is 6.31. The van der Waals surface area contributed by atoms with Gasteiger partial charge in [-0.2, -0.15) is 4.68 Å². The zero-order valence-corrected chi connectivity index (χ0v) is 14.4. The highest BCUT2D eigenvalue weighted by Crippen LogP contribution is 2.18. The van der Waals surface area contributed by atoms with Crippen LogP contribution in [0.25, 0.3) is 11.5 Å². The van der Waals surface area contributed by atoms with Gasteiger partial charge in [0.1, 0.15) is 12.4 Å². The highest BCUT2D eigenvalue weighted by Gasteiger charge is 2.34. The lowest BCUT2D eigenvalue weighted by atomic mass is 10.2. The molecule has 128 valence electrons. The van der Waals surface area contributed by atoms with E-state index in [4.69, 9.17) is 16.6 Å². The van der Waals surface area contributed by atoms with Crippen LogP contribution in [0.4, 0.5) is 4.39 Å². The van der Waals surface area contributed by atoms with Gasteiger partial charge in [-0.05, 0) is 36.5 Å². The third-order valence-corrected chi connectivity index (χ3v) is 4.66. The molecule has 1 fully saturated rings. The molecule has 0 bridgehead atoms. The zero-order valence-electron chi connectivity index (χ0n) is 13.6. The SMILES string of the molecule is Fc1ccc(C[NH+](Cn2nc(-c3cccnc3)oc2=S)C2CC2)cc1. The summed E-state index contributed by atoms with van der Waals surface area (Å²) in [4.78, 5) is 5.80. The number of nitrogens with zero attached hydrogens (tertiary/aromatic N) is 3. The number of nitrogens with one attached hydrogen (secondary N) is 1. The van der Waals surface area contributed by atoms with Crippen molar-refractivity contribution < 1.29 is 13.7 Å². The van der Waals surface area contributed by atoms with Crippen LogP contribution in [0.5, 0.6) is 0 Å². The molecule has 1 saturated carbocycles. The van der Waals surface area contributed by atoms with Crippen molar-refractivity contribution in [1.82, 2.24) is 14.8 Å². The summed E-state index contributed by atoms with van der Waals surface area (Å²) in [6.07, 6.45) is 5.79. The molecule has 0 saturated heterocycles. The molecule has 25 heavy (non-hydrogen) atoms. The van der Waals surface area contributed by atoms with Gasteiger partial charge in [0.05, 0.1) is 11.6 Å². The lowest BCUT2D eigenvalue weighted by molar-refractivity contribution is -0.947. The maximum atomic E-state index is 13.1. The minimum atomic E-state index is -0.212. The van der Waals surface area contributed by atoms with Crippen molar-refractivity contribution >= 4 is 12.2 Å². The summed E-state index contributed by atoms with van der Waals surface area (Å²) in [6, 6.07) is 11.0. The van der Waals surface area contributed by atoms with Crippen LogP contribution in [0.1, 0.15) is 18.4 Å². The summed E-state index contributed by atoms with van der Waals surface area (Å²) in [6.45, 7) is 1.44. The van der Waals surface area contributed by atoms with Crippen LogP contribution in [-0.2, 0) is 13.2 Å². The molecule has 2 heterocycles. The van der Waals surface area contributed by atoms with Crippen LogP contribution in [0, 0.1) is 10.7 Å². The van der Waals surface area contributed by atoms with E-state index in [0.717, 1.165) is 17.7 Å². The second-order valence-corrected chi connectivity index (χ2v) is 6.66. The Hall–Kier alpha value is -2.38. The van der Waals surface area contributed by atoms with Gasteiger partial charge in [0.25, 0.3) is 4.84 Å². The standard InChI is InChI=1S/C18H17FN4OS/c19-15-5-3-13(4-6-15)11-22(16-7-8-16)12-23-18(25)24-17(21-23)14-2-1-9-20-10-14/h1-6,9-10,16H,7-8,11-12H2/p+1. The van der Waals surface area contributed by atoms with Gasteiger partial charge in [-0.25, -0.2) is 4.39 Å². The summed E-state index contributed by atoms with van der Waals surface area (Å²) < 4.78 is 20.5. The highest BCUT2D eigenvalue weighted by molar-refractivity contribution is 7.71. The number of aromatic nitrogens is 3. The lowest BCUT2D eigenvalue weighted by Gasteiger charge is -2.18. The molecule has 1 aliphatic carbocycles. The third kappa shape index (κ3) is 3.83. The molecule has 1 unspecified atom stereocenters. The van der Waals surface area contributed by atoms with Crippen molar-refractivity contribution in [3.8, 4) is 11.5 Å². The van der Waals surface area contributed by atoms with Gasteiger partial charge < -0.3 is 9.32 Å². The Morgan fingerprint density at radius 2 is 2.04 bits per heavy atom. The Kier molecular flexibility index (Phi) is 4.42. The van der Waals surface area contributed by atoms with Crippen LogP contribution in [0.3, 0.4) is 0 Å². The highest BCUT2D eigenvalue weighted by atomic mass is 32.1. The normalized spacial score (nSPS) is 15.2. The predicted molar refractivity (Wildman–Crippen MR) is 92.6 cm³/mol. The van der Waals surface area contributed by atoms with E-state index in [-0.39, 0.29) is 5.82 Å². The van der Waals surface area contributed by atoms with Crippen LogP contribution in [0.15, 0.2) is 53.2 Å². The van der Waals surface area contributed by atoms with Crippen molar-refractivity contribution in [2.45, 2.75) is 32.1 Å². The smallest absolute Gasteiger partial charge is 0.292 e. The van der Waals surface area contributed by atoms with Gasteiger partial charge in [-0.3, -0.25) is 4.98 Å². The molecular formula is C18H18FN4OS+. The first-order valence-electron chi connectivity index (χ1n) is 8.26. The van der Waals surface area contributed by atoms with E-state index in [1.807, 2.05) is 24.3 Å². The Balaban J connectivity index is 1.54. The van der Waals surface area contributed by atoms with E-state index < -0.39 is 0 Å². The predicted octanol–water partition coefficient (Wildman–Crippen LogP) is 2.61. The van der Waals surface area contributed by atoms with Gasteiger partial charge in [-0.1, -0.05) is 12.1 Å². The zero-order chi connectivity index (χ0) is 17.2. The molecule has 1 N–H and O–H groups in total. The number of benzene rings is 1. The number of pyridine rings is 1. The van der Waals surface area contributed by atoms with E-state index in [9.17, 15) is 4.39 Å². The van der Waals surface area contributed by atoms with Crippen LogP contribution in [0.2, 0.25) is 0 Å². The minimum absolute atomic E-state index is 0.212. The average molecular weight is 357 g/mol. The average Bonchev–Trinajstić information content (AvgIpc) is 3.41. The molecule has 3 aromatic rings. The minimum Gasteiger partial charge on any atom is -0.409 e. The molecule has 2 aromatic heterocycles. The molecule has 0 amide bonds. The lowest BCUT2D eigenvalue weighted by Crippen LogP contribution is -3.11. The van der Waals surface area contributed by atoms with Gasteiger partial charge >= 0.3 is 0 Å². The van der Waals surface area contributed by atoms with E-state index >= 15 is 0 Å². The Morgan fingerprint density at radius 1 is 1.24 bits per heavy atom. The first-order valence-corrected chi connectivity index (χ1v) is 8.67. The molecule has 7 heteroatoms. The molecule has 5 nitrogen and oxygen atoms in total. The first kappa shape index (κ1) is 16.1. The summed E-state index contributed by atoms with van der Waals surface area (Å²) in [7, 11) is 0. The molecule has 1 atom stereocenters. The molecular weight excluding hydrogens is 339 g/mol. The first-order chi connectivity index (χ1) is 12.2. The van der Waals surface area contributed by atoms with Gasteiger partial charge in [-0.15, -0.1) is 5.10 Å². The molecule has 4 rings (SSSR count). The number of hydrogen-bond donors (Lipinski definition) is 1. The van der Waals surface area contributed by atoms with Crippen molar-refractivity contribution in [3.63, 3.8) is 0 Å². The fourth-order valence-corrected chi connectivity index (χ4v) is 3.07. The number of quaternary nitrogens is 1. The maximum absolute atomic E-state index is 13.1. The molecule has 1 aromatic carbocycles. The van der Waals surface area contributed by atoms with Gasteiger partial charge in [0.2, 0.25) is 5.89 Å². The second kappa shape index (κ2) is 6.85. The fourth-order valence-electron chi connectivity index (χ4n) is 2.89. The number of rotatable bonds is 6. The largest absolute Gasteiger partial charge is 0.409 e. The third-order valence-electron chi connectivity index (χ3n) is 4.37. The number of halogens is 1. The Bertz CT molecular complexity index is 903. The molecule has 0 radical (unpaired) electrons. The summed E-state index contributed by atoms with van der Waals surface area (Å²) in [5.41, 5.74) is 1.91. The topological polar surface area (TPSA) is 48.3 Å². The van der Waals surface area contributed by atoms with E-state index in [1.165, 1.54) is 29.9 Å². The quantitative estimate of drug-likeness (QED) is 0.689. The summed E-state index contributed by atoms with van der Waals surface area (Å²) in [5.74, 6) is 0.270. The Labute approximate surface area is 149 Å². The monoisotopic (exact) mass is 357 g/mol. The Morgan fingerprint density at radius 3 is 2.72 bits per heavy atom. The van der Waals surface area contributed by atoms with Crippen LogP contribution >= 0.6 is 12.2 Å². The van der Waals surface area contributed by atoms with E-state index in [1.54, 1.807) is 17.1 Å². The van der Waals surface area contributed by atoms with Crippen LogP contribution < -0.4 is 4.90 Å².